The normalized spacial score (nSPS) is 16.1. The summed E-state index contributed by atoms with van der Waals surface area (Å²) in [6.07, 6.45) is -0.476. The largest absolute Gasteiger partial charge is 0.497 e. The Bertz CT molecular complexity index is 964. The van der Waals surface area contributed by atoms with Gasteiger partial charge in [0.25, 0.3) is 0 Å². The van der Waals surface area contributed by atoms with E-state index < -0.39 is 6.10 Å². The fraction of sp³-hybridized carbons (Fsp3) is 0.0870. The number of ether oxygens (including phenoxy) is 1. The lowest BCUT2D eigenvalue weighted by molar-refractivity contribution is 0.0446. The van der Waals surface area contributed by atoms with Gasteiger partial charge in [0, 0.05) is 11.1 Å². The molecule has 0 saturated carbocycles. The van der Waals surface area contributed by atoms with E-state index in [1.165, 1.54) is 0 Å². The van der Waals surface area contributed by atoms with Gasteiger partial charge in [-0.05, 0) is 29.8 Å². The quantitative estimate of drug-likeness (QED) is 0.680. The molecule has 0 saturated heterocycles. The molecule has 1 heterocycles. The Morgan fingerprint density at radius 3 is 2.15 bits per heavy atom. The van der Waals surface area contributed by atoms with Crippen LogP contribution in [0, 0.1) is 0 Å². The first-order valence-corrected chi connectivity index (χ1v) is 8.73. The Kier molecular flexibility index (Phi) is 4.73. The van der Waals surface area contributed by atoms with Crippen molar-refractivity contribution < 1.29 is 14.4 Å². The Labute approximate surface area is 158 Å². The van der Waals surface area contributed by atoms with E-state index in [1.807, 2.05) is 84.9 Å². The standard InChI is InChI=1S/C23H19NO3/c1-26-19-14-12-16(13-15-19)21-20(22(25)17-8-4-2-5-9-17)23(27-24-21)18-10-6-3-7-11-18/h2-15,23-24H,1H3/t23-/m0/s1. The molecule has 1 aliphatic heterocycles. The molecule has 0 bridgehead atoms. The van der Waals surface area contributed by atoms with E-state index in [0.29, 0.717) is 16.8 Å². The monoisotopic (exact) mass is 357 g/mol. The van der Waals surface area contributed by atoms with Gasteiger partial charge in [0.05, 0.1) is 18.4 Å². The topological polar surface area (TPSA) is 47.6 Å². The molecule has 4 rings (SSSR count). The van der Waals surface area contributed by atoms with E-state index in [2.05, 4.69) is 5.48 Å². The maximum Gasteiger partial charge on any atom is 0.194 e. The molecule has 3 aromatic rings. The Balaban J connectivity index is 1.83. The lowest BCUT2D eigenvalue weighted by Gasteiger charge is -2.13. The average Bonchev–Trinajstić information content (AvgIpc) is 3.19. The number of hydrogen-bond acceptors (Lipinski definition) is 4. The summed E-state index contributed by atoms with van der Waals surface area (Å²) in [4.78, 5) is 19.2. The summed E-state index contributed by atoms with van der Waals surface area (Å²) < 4.78 is 5.23. The lowest BCUT2D eigenvalue weighted by Crippen LogP contribution is -2.11. The van der Waals surface area contributed by atoms with Crippen LogP contribution in [0.2, 0.25) is 0 Å². The molecule has 0 radical (unpaired) electrons. The highest BCUT2D eigenvalue weighted by atomic mass is 16.7. The molecule has 134 valence electrons. The molecule has 0 spiro atoms. The fourth-order valence-electron chi connectivity index (χ4n) is 3.18. The summed E-state index contributed by atoms with van der Waals surface area (Å²) in [7, 11) is 1.63. The molecule has 1 N–H and O–H groups in total. The first-order chi connectivity index (χ1) is 13.3. The van der Waals surface area contributed by atoms with E-state index in [1.54, 1.807) is 7.11 Å². The number of benzene rings is 3. The molecule has 1 atom stereocenters. The summed E-state index contributed by atoms with van der Waals surface area (Å²) in [5.74, 6) is 0.703. The number of methoxy groups -OCH3 is 1. The number of carbonyl (C=O) groups is 1. The molecule has 4 heteroatoms. The van der Waals surface area contributed by atoms with Crippen molar-refractivity contribution >= 4 is 11.5 Å². The Morgan fingerprint density at radius 2 is 1.52 bits per heavy atom. The highest BCUT2D eigenvalue weighted by molar-refractivity contribution is 6.14. The third-order valence-corrected chi connectivity index (χ3v) is 4.57. The van der Waals surface area contributed by atoms with Crippen molar-refractivity contribution in [1.29, 1.82) is 0 Å². The van der Waals surface area contributed by atoms with E-state index in [4.69, 9.17) is 9.57 Å². The van der Waals surface area contributed by atoms with E-state index in [-0.39, 0.29) is 5.78 Å². The lowest BCUT2D eigenvalue weighted by atomic mass is 9.91. The maximum absolute atomic E-state index is 13.3. The van der Waals surface area contributed by atoms with Gasteiger partial charge >= 0.3 is 0 Å². The number of hydroxylamine groups is 1. The van der Waals surface area contributed by atoms with Crippen molar-refractivity contribution in [2.45, 2.75) is 6.10 Å². The summed E-state index contributed by atoms with van der Waals surface area (Å²) in [5.41, 5.74) is 6.68. The number of ketones is 1. The Hall–Kier alpha value is -3.37. The molecule has 0 aliphatic carbocycles. The van der Waals surface area contributed by atoms with Crippen LogP contribution < -0.4 is 10.2 Å². The van der Waals surface area contributed by atoms with Gasteiger partial charge in [-0.3, -0.25) is 15.1 Å². The van der Waals surface area contributed by atoms with Crippen LogP contribution in [0.1, 0.15) is 27.6 Å². The van der Waals surface area contributed by atoms with Gasteiger partial charge in [-0.15, -0.1) is 0 Å². The molecule has 3 aromatic carbocycles. The van der Waals surface area contributed by atoms with E-state index in [0.717, 1.165) is 16.9 Å². The molecule has 4 nitrogen and oxygen atoms in total. The van der Waals surface area contributed by atoms with Crippen molar-refractivity contribution in [3.8, 4) is 5.75 Å². The van der Waals surface area contributed by atoms with Crippen molar-refractivity contribution in [3.05, 3.63) is 107 Å². The molecule has 1 aliphatic rings. The zero-order chi connectivity index (χ0) is 18.6. The number of rotatable bonds is 5. The van der Waals surface area contributed by atoms with Crippen LogP contribution in [-0.2, 0) is 4.84 Å². The van der Waals surface area contributed by atoms with Crippen molar-refractivity contribution in [3.63, 3.8) is 0 Å². The first-order valence-electron chi connectivity index (χ1n) is 8.73. The van der Waals surface area contributed by atoms with Crippen LogP contribution in [0.25, 0.3) is 5.70 Å². The summed E-state index contributed by atoms with van der Waals surface area (Å²) in [6.45, 7) is 0. The van der Waals surface area contributed by atoms with Crippen LogP contribution in [0.4, 0.5) is 0 Å². The minimum Gasteiger partial charge on any atom is -0.497 e. The average molecular weight is 357 g/mol. The van der Waals surface area contributed by atoms with Gasteiger partial charge in [-0.25, -0.2) is 0 Å². The predicted molar refractivity (Wildman–Crippen MR) is 104 cm³/mol. The number of Topliss-reactive ketones (excluding diaryl/α,β-unsaturated/α-hetero) is 1. The number of nitrogens with one attached hydrogen (secondary N) is 1. The molecule has 0 amide bonds. The second-order valence-corrected chi connectivity index (χ2v) is 6.22. The number of hydrogen-bond donors (Lipinski definition) is 1. The second kappa shape index (κ2) is 7.48. The summed E-state index contributed by atoms with van der Waals surface area (Å²) >= 11 is 0. The third-order valence-electron chi connectivity index (χ3n) is 4.57. The van der Waals surface area contributed by atoms with Gasteiger partial charge in [-0.1, -0.05) is 60.7 Å². The molecular weight excluding hydrogens is 338 g/mol. The van der Waals surface area contributed by atoms with Gasteiger partial charge < -0.3 is 4.74 Å². The smallest absolute Gasteiger partial charge is 0.194 e. The SMILES string of the molecule is COc1ccc(C2=C(C(=O)c3ccccc3)[C@H](c3ccccc3)ON2)cc1. The predicted octanol–water partition coefficient (Wildman–Crippen LogP) is 4.57. The van der Waals surface area contributed by atoms with Crippen molar-refractivity contribution in [1.82, 2.24) is 5.48 Å². The Morgan fingerprint density at radius 1 is 0.889 bits per heavy atom. The first kappa shape index (κ1) is 17.1. The molecule has 0 aromatic heterocycles. The molecule has 27 heavy (non-hydrogen) atoms. The van der Waals surface area contributed by atoms with E-state index in [9.17, 15) is 4.79 Å². The highest BCUT2D eigenvalue weighted by Crippen LogP contribution is 2.38. The van der Waals surface area contributed by atoms with Gasteiger partial charge in [0.2, 0.25) is 0 Å². The summed E-state index contributed by atoms with van der Waals surface area (Å²) in [5, 5.41) is 0. The minimum atomic E-state index is -0.476. The van der Waals surface area contributed by atoms with Crippen LogP contribution in [0.15, 0.2) is 90.5 Å². The summed E-state index contributed by atoms with van der Waals surface area (Å²) in [6, 6.07) is 26.6. The van der Waals surface area contributed by atoms with Gasteiger partial charge in [-0.2, -0.15) is 0 Å². The second-order valence-electron chi connectivity index (χ2n) is 6.22. The van der Waals surface area contributed by atoms with Crippen LogP contribution in [0.3, 0.4) is 0 Å². The maximum atomic E-state index is 13.3. The van der Waals surface area contributed by atoms with Crippen LogP contribution in [0.5, 0.6) is 5.75 Å². The fourth-order valence-corrected chi connectivity index (χ4v) is 3.18. The number of carbonyl (C=O) groups excluding carboxylic acids is 1. The third kappa shape index (κ3) is 3.35. The molecule has 0 unspecified atom stereocenters. The van der Waals surface area contributed by atoms with Crippen LogP contribution in [-0.4, -0.2) is 12.9 Å². The molecular formula is C23H19NO3. The van der Waals surface area contributed by atoms with Crippen molar-refractivity contribution in [2.75, 3.05) is 7.11 Å². The zero-order valence-electron chi connectivity index (χ0n) is 14.9. The molecule has 0 fully saturated rings. The van der Waals surface area contributed by atoms with Crippen LogP contribution >= 0.6 is 0 Å². The van der Waals surface area contributed by atoms with Gasteiger partial charge in [0.15, 0.2) is 5.78 Å². The zero-order valence-corrected chi connectivity index (χ0v) is 14.9. The highest BCUT2D eigenvalue weighted by Gasteiger charge is 2.34. The minimum absolute atomic E-state index is 0.0553. The van der Waals surface area contributed by atoms with Crippen molar-refractivity contribution in [2.24, 2.45) is 0 Å². The van der Waals surface area contributed by atoms with Gasteiger partial charge in [0.1, 0.15) is 11.9 Å². The van der Waals surface area contributed by atoms with E-state index >= 15 is 0 Å².